The predicted molar refractivity (Wildman–Crippen MR) is 54.8 cm³/mol. The first kappa shape index (κ1) is 8.89. The normalized spacial score (nSPS) is 38.5. The van der Waals surface area contributed by atoms with Gasteiger partial charge in [-0.1, -0.05) is 18.7 Å². The van der Waals surface area contributed by atoms with Crippen LogP contribution in [-0.4, -0.2) is 22.3 Å². The van der Waals surface area contributed by atoms with Gasteiger partial charge in [0, 0.05) is 5.57 Å². The fourth-order valence-electron chi connectivity index (χ4n) is 3.06. The van der Waals surface area contributed by atoms with Gasteiger partial charge in [-0.15, -0.1) is 0 Å². The molecule has 2 atom stereocenters. The maximum absolute atomic E-state index is 11.9. The fraction of sp³-hybridized carbons (Fsp3) is 0.500. The van der Waals surface area contributed by atoms with Crippen molar-refractivity contribution in [1.82, 2.24) is 4.90 Å². The van der Waals surface area contributed by atoms with Gasteiger partial charge in [0.05, 0.1) is 12.0 Å². The summed E-state index contributed by atoms with van der Waals surface area (Å²) < 4.78 is 0. The first-order valence-corrected chi connectivity index (χ1v) is 5.37. The number of allylic oxidation sites excluding steroid dienone is 1. The molecule has 15 heavy (non-hydrogen) atoms. The van der Waals surface area contributed by atoms with Crippen molar-refractivity contribution in [2.24, 2.45) is 5.92 Å². The summed E-state index contributed by atoms with van der Waals surface area (Å²) in [6.45, 7) is 3.65. The zero-order chi connectivity index (χ0) is 10.6. The van der Waals surface area contributed by atoms with Crippen molar-refractivity contribution in [2.45, 2.75) is 31.2 Å². The van der Waals surface area contributed by atoms with E-state index in [0.717, 1.165) is 19.3 Å². The second-order valence-corrected chi connectivity index (χ2v) is 4.78. The highest BCUT2D eigenvalue weighted by atomic mass is 16.2. The topological polar surface area (TPSA) is 37.4 Å². The summed E-state index contributed by atoms with van der Waals surface area (Å²) in [5.74, 6) is 0.337. The number of imide groups is 1. The van der Waals surface area contributed by atoms with Gasteiger partial charge in [0.25, 0.3) is 5.91 Å². The molecule has 2 bridgehead atoms. The number of rotatable bonds is 1. The van der Waals surface area contributed by atoms with E-state index >= 15 is 0 Å². The van der Waals surface area contributed by atoms with Crippen LogP contribution in [-0.2, 0) is 9.59 Å². The molecule has 2 unspecified atom stereocenters. The highest BCUT2D eigenvalue weighted by Gasteiger charge is 2.52. The van der Waals surface area contributed by atoms with Crippen LogP contribution in [0, 0.1) is 5.92 Å². The molecule has 1 aliphatic heterocycles. The lowest BCUT2D eigenvalue weighted by molar-refractivity contribution is -0.142. The Kier molecular flexibility index (Phi) is 1.54. The van der Waals surface area contributed by atoms with Gasteiger partial charge in [-0.2, -0.15) is 0 Å². The van der Waals surface area contributed by atoms with Crippen molar-refractivity contribution < 1.29 is 9.59 Å². The van der Waals surface area contributed by atoms with E-state index in [-0.39, 0.29) is 23.8 Å². The summed E-state index contributed by atoms with van der Waals surface area (Å²) in [5.41, 5.74) is 0.149. The maximum atomic E-state index is 11.9. The number of amides is 2. The molecule has 1 heterocycles. The number of nitrogens with zero attached hydrogens (tertiary/aromatic N) is 1. The van der Waals surface area contributed by atoms with Gasteiger partial charge >= 0.3 is 0 Å². The van der Waals surface area contributed by atoms with Crippen molar-refractivity contribution in [3.8, 4) is 0 Å². The highest BCUT2D eigenvalue weighted by molar-refractivity contribution is 6.13. The molecular formula is C12H13NO2. The molecule has 78 valence electrons. The minimum absolute atomic E-state index is 0.0720. The Balaban J connectivity index is 2.01. The van der Waals surface area contributed by atoms with Crippen LogP contribution in [0.15, 0.2) is 24.3 Å². The van der Waals surface area contributed by atoms with Crippen molar-refractivity contribution in [3.05, 3.63) is 24.3 Å². The van der Waals surface area contributed by atoms with E-state index in [1.807, 2.05) is 0 Å². The van der Waals surface area contributed by atoms with Crippen molar-refractivity contribution in [2.75, 3.05) is 0 Å². The van der Waals surface area contributed by atoms with Gasteiger partial charge in [0.2, 0.25) is 5.91 Å². The predicted octanol–water partition coefficient (Wildman–Crippen LogP) is 1.41. The van der Waals surface area contributed by atoms with Crippen LogP contribution >= 0.6 is 0 Å². The van der Waals surface area contributed by atoms with Crippen LogP contribution in [0.4, 0.5) is 0 Å². The zero-order valence-electron chi connectivity index (χ0n) is 8.53. The molecule has 2 fully saturated rings. The number of likely N-dealkylation sites (tertiary alicyclic amines) is 1. The zero-order valence-corrected chi connectivity index (χ0v) is 8.53. The molecule has 0 aromatic rings. The standard InChI is InChI=1S/C12H13NO2/c1-8-6-10(14)13(11(8)15)12-4-2-9(7-12)3-5-12/h2,4,9H,1,3,5-7H2. The molecule has 3 heteroatoms. The van der Waals surface area contributed by atoms with Crippen molar-refractivity contribution in [3.63, 3.8) is 0 Å². The van der Waals surface area contributed by atoms with E-state index in [1.54, 1.807) is 0 Å². The van der Waals surface area contributed by atoms with Gasteiger partial charge in [-0.25, -0.2) is 0 Å². The number of hydrogen-bond donors (Lipinski definition) is 0. The molecule has 0 aromatic carbocycles. The quantitative estimate of drug-likeness (QED) is 0.367. The van der Waals surface area contributed by atoms with Crippen molar-refractivity contribution in [1.29, 1.82) is 0 Å². The Labute approximate surface area is 88.4 Å². The SMILES string of the molecule is C=C1CC(=O)N(C23C=CC(CC2)C3)C1=O. The molecule has 1 saturated carbocycles. The van der Waals surface area contributed by atoms with Gasteiger partial charge in [-0.05, 0) is 25.2 Å². The third-order valence-corrected chi connectivity index (χ3v) is 3.81. The maximum Gasteiger partial charge on any atom is 0.257 e. The van der Waals surface area contributed by atoms with E-state index in [4.69, 9.17) is 0 Å². The van der Waals surface area contributed by atoms with Crippen molar-refractivity contribution >= 4 is 11.8 Å². The molecule has 0 N–H and O–H groups in total. The van der Waals surface area contributed by atoms with Crippen LogP contribution in [0.25, 0.3) is 0 Å². The molecule has 0 spiro atoms. The lowest BCUT2D eigenvalue weighted by Gasteiger charge is -2.33. The molecule has 0 radical (unpaired) electrons. The van der Waals surface area contributed by atoms with E-state index in [9.17, 15) is 9.59 Å². The number of carbonyl (C=O) groups excluding carboxylic acids is 2. The van der Waals surface area contributed by atoms with Gasteiger partial charge in [-0.3, -0.25) is 14.5 Å². The largest absolute Gasteiger partial charge is 0.274 e. The minimum Gasteiger partial charge on any atom is -0.274 e. The Morgan fingerprint density at radius 1 is 1.47 bits per heavy atom. The van der Waals surface area contributed by atoms with Crippen LogP contribution in [0.3, 0.4) is 0 Å². The average molecular weight is 203 g/mol. The lowest BCUT2D eigenvalue weighted by Crippen LogP contribution is -2.47. The molecule has 3 nitrogen and oxygen atoms in total. The number of carbonyl (C=O) groups is 2. The molecule has 0 aromatic heterocycles. The second kappa shape index (κ2) is 2.60. The molecule has 2 amide bonds. The monoisotopic (exact) mass is 203 g/mol. The number of fused-ring (bicyclic) bond motifs is 2. The Bertz CT molecular complexity index is 410. The lowest BCUT2D eigenvalue weighted by atomic mass is 9.97. The van der Waals surface area contributed by atoms with Crippen LogP contribution in [0.5, 0.6) is 0 Å². The first-order valence-electron chi connectivity index (χ1n) is 5.37. The van der Waals surface area contributed by atoms with Gasteiger partial charge < -0.3 is 0 Å². The summed E-state index contributed by atoms with van der Waals surface area (Å²) >= 11 is 0. The van der Waals surface area contributed by atoms with Crippen LogP contribution in [0.1, 0.15) is 25.7 Å². The second-order valence-electron chi connectivity index (χ2n) is 4.78. The third kappa shape index (κ3) is 1.01. The highest BCUT2D eigenvalue weighted by Crippen LogP contribution is 2.48. The Hall–Kier alpha value is -1.38. The molecule has 2 aliphatic carbocycles. The van der Waals surface area contributed by atoms with Gasteiger partial charge in [0.15, 0.2) is 0 Å². The minimum atomic E-state index is -0.293. The van der Waals surface area contributed by atoms with Crippen LogP contribution in [0.2, 0.25) is 0 Å². The smallest absolute Gasteiger partial charge is 0.257 e. The summed E-state index contributed by atoms with van der Waals surface area (Å²) in [7, 11) is 0. The van der Waals surface area contributed by atoms with E-state index < -0.39 is 0 Å². The summed E-state index contributed by atoms with van der Waals surface area (Å²) in [6.07, 6.45) is 7.36. The molecule has 3 rings (SSSR count). The van der Waals surface area contributed by atoms with E-state index in [2.05, 4.69) is 18.7 Å². The Morgan fingerprint density at radius 2 is 2.27 bits per heavy atom. The van der Waals surface area contributed by atoms with E-state index in [1.165, 1.54) is 4.90 Å². The Morgan fingerprint density at radius 3 is 2.67 bits per heavy atom. The summed E-state index contributed by atoms with van der Waals surface area (Å²) in [6, 6.07) is 0. The fourth-order valence-corrected chi connectivity index (χ4v) is 3.06. The van der Waals surface area contributed by atoms with E-state index in [0.29, 0.717) is 11.5 Å². The molecule has 1 saturated heterocycles. The molecule has 3 aliphatic rings. The number of hydrogen-bond acceptors (Lipinski definition) is 2. The summed E-state index contributed by atoms with van der Waals surface area (Å²) in [4.78, 5) is 25.1. The summed E-state index contributed by atoms with van der Waals surface area (Å²) in [5, 5.41) is 0. The van der Waals surface area contributed by atoms with Gasteiger partial charge in [0.1, 0.15) is 0 Å². The first-order chi connectivity index (χ1) is 7.12. The van der Waals surface area contributed by atoms with Crippen LogP contribution < -0.4 is 0 Å². The molecular weight excluding hydrogens is 190 g/mol. The average Bonchev–Trinajstić information content (AvgIpc) is 2.82. The third-order valence-electron chi connectivity index (χ3n) is 3.81.